The number of hydrogen-bond donors (Lipinski definition) is 1. The summed E-state index contributed by atoms with van der Waals surface area (Å²) in [4.78, 5) is 25.1. The van der Waals surface area contributed by atoms with E-state index in [1.165, 1.54) is 18.2 Å². The Labute approximate surface area is 182 Å². The van der Waals surface area contributed by atoms with E-state index in [0.717, 1.165) is 5.56 Å². The summed E-state index contributed by atoms with van der Waals surface area (Å²) in [6, 6.07) is 10.9. The summed E-state index contributed by atoms with van der Waals surface area (Å²) in [5.41, 5.74) is 1.61. The third-order valence-corrected chi connectivity index (χ3v) is 4.78. The minimum atomic E-state index is -4.37. The molecule has 0 spiro atoms. The van der Waals surface area contributed by atoms with Gasteiger partial charge in [-0.05, 0) is 23.3 Å². The van der Waals surface area contributed by atoms with Crippen LogP contribution in [-0.4, -0.2) is 54.8 Å². The number of halogens is 3. The SMILES string of the molecule is O=C(c1ccc(NCc2ccc(COCC(F)(F)F)cc2)c([N+](=O)[O-])c1)N1CCOCC1. The lowest BCUT2D eigenvalue weighted by Crippen LogP contribution is -2.40. The molecule has 11 heteroatoms. The van der Waals surface area contributed by atoms with Gasteiger partial charge in [-0.2, -0.15) is 13.2 Å². The van der Waals surface area contributed by atoms with Crippen molar-refractivity contribution in [3.05, 3.63) is 69.3 Å². The molecule has 1 heterocycles. The second kappa shape index (κ2) is 10.4. The third kappa shape index (κ3) is 6.66. The van der Waals surface area contributed by atoms with E-state index in [0.29, 0.717) is 31.9 Å². The largest absolute Gasteiger partial charge is 0.411 e. The van der Waals surface area contributed by atoms with Crippen LogP contribution in [0, 0.1) is 10.1 Å². The van der Waals surface area contributed by atoms with Gasteiger partial charge in [-0.25, -0.2) is 0 Å². The van der Waals surface area contributed by atoms with E-state index >= 15 is 0 Å². The second-order valence-electron chi connectivity index (χ2n) is 7.17. The molecule has 0 aromatic heterocycles. The van der Waals surface area contributed by atoms with Gasteiger partial charge in [0.2, 0.25) is 0 Å². The number of morpholine rings is 1. The maximum Gasteiger partial charge on any atom is 0.411 e. The number of carbonyl (C=O) groups excluding carboxylic acids is 1. The highest BCUT2D eigenvalue weighted by Gasteiger charge is 2.27. The summed E-state index contributed by atoms with van der Waals surface area (Å²) in [6.07, 6.45) is -4.37. The standard InChI is InChI=1S/C21H22F3N3O5/c22-21(23,24)14-32-13-16-3-1-15(2-4-16)12-25-18-6-5-17(11-19(18)27(29)30)20(28)26-7-9-31-10-8-26/h1-6,11,25H,7-10,12-14H2. The van der Waals surface area contributed by atoms with Gasteiger partial charge in [-0.3, -0.25) is 14.9 Å². The fourth-order valence-corrected chi connectivity index (χ4v) is 3.15. The molecule has 32 heavy (non-hydrogen) atoms. The number of hydrogen-bond acceptors (Lipinski definition) is 6. The summed E-state index contributed by atoms with van der Waals surface area (Å²) < 4.78 is 46.2. The molecule has 1 saturated heterocycles. The molecule has 0 bridgehead atoms. The van der Waals surface area contributed by atoms with Crippen LogP contribution in [0.1, 0.15) is 21.5 Å². The van der Waals surface area contributed by atoms with Gasteiger partial charge in [-0.15, -0.1) is 0 Å². The second-order valence-corrected chi connectivity index (χ2v) is 7.17. The maximum absolute atomic E-state index is 12.6. The average molecular weight is 453 g/mol. The lowest BCUT2D eigenvalue weighted by molar-refractivity contribution is -0.384. The summed E-state index contributed by atoms with van der Waals surface area (Å²) in [7, 11) is 0. The molecule has 1 fully saturated rings. The molecule has 172 valence electrons. The average Bonchev–Trinajstić information content (AvgIpc) is 2.77. The Kier molecular flexibility index (Phi) is 7.65. The molecule has 0 aliphatic carbocycles. The van der Waals surface area contributed by atoms with Gasteiger partial charge in [-0.1, -0.05) is 24.3 Å². The topological polar surface area (TPSA) is 93.9 Å². The van der Waals surface area contributed by atoms with Crippen molar-refractivity contribution in [2.45, 2.75) is 19.3 Å². The molecule has 2 aromatic carbocycles. The highest BCUT2D eigenvalue weighted by atomic mass is 19.4. The van der Waals surface area contributed by atoms with E-state index in [1.807, 2.05) is 0 Å². The van der Waals surface area contributed by atoms with Gasteiger partial charge in [0.05, 0.1) is 24.7 Å². The zero-order chi connectivity index (χ0) is 23.1. The minimum absolute atomic E-state index is 0.169. The summed E-state index contributed by atoms with van der Waals surface area (Å²) in [6.45, 7) is 0.498. The molecule has 0 radical (unpaired) electrons. The molecule has 0 unspecified atom stereocenters. The van der Waals surface area contributed by atoms with Crippen molar-refractivity contribution >= 4 is 17.3 Å². The predicted molar refractivity (Wildman–Crippen MR) is 109 cm³/mol. The van der Waals surface area contributed by atoms with Crippen LogP contribution in [-0.2, 0) is 22.6 Å². The van der Waals surface area contributed by atoms with Crippen LogP contribution in [0.4, 0.5) is 24.5 Å². The van der Waals surface area contributed by atoms with Gasteiger partial charge < -0.3 is 19.7 Å². The van der Waals surface area contributed by atoms with Gasteiger partial charge in [0, 0.05) is 31.3 Å². The van der Waals surface area contributed by atoms with Gasteiger partial charge >= 0.3 is 6.18 Å². The van der Waals surface area contributed by atoms with Crippen molar-refractivity contribution in [2.75, 3.05) is 38.2 Å². The Hall–Kier alpha value is -3.18. The monoisotopic (exact) mass is 453 g/mol. The highest BCUT2D eigenvalue weighted by Crippen LogP contribution is 2.27. The van der Waals surface area contributed by atoms with Crippen LogP contribution in [0.25, 0.3) is 0 Å². The Bertz CT molecular complexity index is 945. The number of nitro benzene ring substituents is 1. The number of nitrogens with zero attached hydrogens (tertiary/aromatic N) is 2. The summed E-state index contributed by atoms with van der Waals surface area (Å²) in [5, 5.41) is 14.5. The first kappa shape index (κ1) is 23.5. The smallest absolute Gasteiger partial charge is 0.378 e. The van der Waals surface area contributed by atoms with Crippen LogP contribution >= 0.6 is 0 Å². The number of anilines is 1. The van der Waals surface area contributed by atoms with Crippen LogP contribution < -0.4 is 5.32 Å². The molecule has 1 aliphatic heterocycles. The van der Waals surface area contributed by atoms with Crippen LogP contribution in [0.15, 0.2) is 42.5 Å². The number of rotatable bonds is 8. The van der Waals surface area contributed by atoms with Crippen LogP contribution in [0.3, 0.4) is 0 Å². The number of nitrogens with one attached hydrogen (secondary N) is 1. The summed E-state index contributed by atoms with van der Waals surface area (Å²) >= 11 is 0. The normalized spacial score (nSPS) is 14.3. The Morgan fingerprint density at radius 3 is 2.41 bits per heavy atom. The van der Waals surface area contributed by atoms with E-state index in [2.05, 4.69) is 10.1 Å². The molecule has 3 rings (SSSR count). The van der Waals surface area contributed by atoms with Gasteiger partial charge in [0.25, 0.3) is 11.6 Å². The quantitative estimate of drug-likeness (QED) is 0.483. The molecule has 2 aromatic rings. The van der Waals surface area contributed by atoms with Gasteiger partial charge in [0.15, 0.2) is 0 Å². The predicted octanol–water partition coefficient (Wildman–Crippen LogP) is 3.76. The lowest BCUT2D eigenvalue weighted by Gasteiger charge is -2.26. The van der Waals surface area contributed by atoms with E-state index in [-0.39, 0.29) is 36.0 Å². The molecular weight excluding hydrogens is 431 g/mol. The number of nitro groups is 1. The zero-order valence-corrected chi connectivity index (χ0v) is 17.1. The van der Waals surface area contributed by atoms with E-state index in [4.69, 9.17) is 4.74 Å². The first-order chi connectivity index (χ1) is 15.2. The molecule has 1 N–H and O–H groups in total. The number of alkyl halides is 3. The van der Waals surface area contributed by atoms with E-state index < -0.39 is 17.7 Å². The number of amides is 1. The van der Waals surface area contributed by atoms with E-state index in [9.17, 15) is 28.1 Å². The first-order valence-corrected chi connectivity index (χ1v) is 9.84. The van der Waals surface area contributed by atoms with Crippen molar-refractivity contribution in [2.24, 2.45) is 0 Å². The van der Waals surface area contributed by atoms with Crippen LogP contribution in [0.5, 0.6) is 0 Å². The maximum atomic E-state index is 12.6. The van der Waals surface area contributed by atoms with Gasteiger partial charge in [0.1, 0.15) is 12.3 Å². The molecule has 1 amide bonds. The highest BCUT2D eigenvalue weighted by molar-refractivity contribution is 5.95. The van der Waals surface area contributed by atoms with Crippen molar-refractivity contribution in [1.82, 2.24) is 4.90 Å². The number of ether oxygens (including phenoxy) is 2. The van der Waals surface area contributed by atoms with Crippen molar-refractivity contribution < 1.29 is 32.4 Å². The number of benzene rings is 2. The first-order valence-electron chi connectivity index (χ1n) is 9.84. The zero-order valence-electron chi connectivity index (χ0n) is 17.1. The molecule has 1 aliphatic rings. The molecule has 8 nitrogen and oxygen atoms in total. The fraction of sp³-hybridized carbons (Fsp3) is 0.381. The number of carbonyl (C=O) groups is 1. The summed E-state index contributed by atoms with van der Waals surface area (Å²) in [5.74, 6) is -0.286. The Morgan fingerprint density at radius 2 is 1.78 bits per heavy atom. The minimum Gasteiger partial charge on any atom is -0.378 e. The fourth-order valence-electron chi connectivity index (χ4n) is 3.15. The van der Waals surface area contributed by atoms with Crippen molar-refractivity contribution in [3.63, 3.8) is 0 Å². The molecule has 0 saturated carbocycles. The molecular formula is C21H22F3N3O5. The van der Waals surface area contributed by atoms with Crippen molar-refractivity contribution in [1.29, 1.82) is 0 Å². The Balaban J connectivity index is 1.61. The Morgan fingerprint density at radius 1 is 1.12 bits per heavy atom. The van der Waals surface area contributed by atoms with E-state index in [1.54, 1.807) is 29.2 Å². The lowest BCUT2D eigenvalue weighted by atomic mass is 10.1. The molecule has 0 atom stereocenters. The van der Waals surface area contributed by atoms with Crippen LogP contribution in [0.2, 0.25) is 0 Å². The third-order valence-electron chi connectivity index (χ3n) is 4.78. The van der Waals surface area contributed by atoms with Crippen molar-refractivity contribution in [3.8, 4) is 0 Å².